The Bertz CT molecular complexity index is 852. The molecule has 5 atom stereocenters. The smallest absolute Gasteiger partial charge is 0.169 e. The van der Waals surface area contributed by atoms with E-state index in [2.05, 4.69) is 22.8 Å². The van der Waals surface area contributed by atoms with Crippen molar-refractivity contribution >= 4 is 23.2 Å². The molecule has 2 aromatic rings. The van der Waals surface area contributed by atoms with Crippen LogP contribution < -0.4 is 10.6 Å². The molecule has 0 aromatic heterocycles. The van der Waals surface area contributed by atoms with E-state index < -0.39 is 11.7 Å². The van der Waals surface area contributed by atoms with Crippen LogP contribution in [0.1, 0.15) is 45.2 Å². The van der Waals surface area contributed by atoms with Crippen molar-refractivity contribution < 1.29 is 19.3 Å². The Hall–Kier alpha value is -1.22. The predicted octanol–water partition coefficient (Wildman–Crippen LogP) is 3.85. The average Bonchev–Trinajstić information content (AvgIpc) is 2.84. The summed E-state index contributed by atoms with van der Waals surface area (Å²) in [6.45, 7) is 0.957. The lowest BCUT2D eigenvalue weighted by molar-refractivity contribution is -0.105. The minimum atomic E-state index is -0.488. The fraction of sp³-hybridized carbons (Fsp3) is 0.500. The fourth-order valence-corrected chi connectivity index (χ4v) is 4.66. The zero-order valence-corrected chi connectivity index (χ0v) is 20.1. The van der Waals surface area contributed by atoms with Crippen LogP contribution >= 0.6 is 23.2 Å². The van der Waals surface area contributed by atoms with E-state index in [1.54, 1.807) is 14.2 Å². The third-order valence-corrected chi connectivity index (χ3v) is 6.66. The van der Waals surface area contributed by atoms with Gasteiger partial charge in [0.2, 0.25) is 0 Å². The van der Waals surface area contributed by atoms with Gasteiger partial charge in [-0.1, -0.05) is 48.5 Å². The van der Waals surface area contributed by atoms with Gasteiger partial charge in [0.1, 0.15) is 0 Å². The lowest BCUT2D eigenvalue weighted by atomic mass is 9.88. The number of fused-ring (bicyclic) bond motifs is 1. The van der Waals surface area contributed by atoms with Gasteiger partial charge in [-0.05, 0) is 29.3 Å². The number of aliphatic hydroxyl groups excluding tert-OH is 1. The zero-order chi connectivity index (χ0) is 23.1. The molecule has 1 aliphatic heterocycles. The molecule has 1 aliphatic rings. The number of likely N-dealkylation sites (N-methyl/N-ethyl adjacent to an activating group) is 1. The maximum absolute atomic E-state index is 9.52. The van der Waals surface area contributed by atoms with Crippen molar-refractivity contribution in [2.45, 2.75) is 35.3 Å². The van der Waals surface area contributed by atoms with E-state index in [0.717, 1.165) is 22.3 Å². The second-order valence-electron chi connectivity index (χ2n) is 7.78. The molecule has 32 heavy (non-hydrogen) atoms. The van der Waals surface area contributed by atoms with Crippen LogP contribution in [0.15, 0.2) is 48.5 Å². The fourth-order valence-electron chi connectivity index (χ4n) is 4.12. The molecule has 0 fully saturated rings. The molecule has 2 aromatic carbocycles. The lowest BCUT2D eigenvalue weighted by Crippen LogP contribution is -2.44. The highest BCUT2D eigenvalue weighted by atomic mass is 35.5. The van der Waals surface area contributed by atoms with Gasteiger partial charge in [0, 0.05) is 27.3 Å². The van der Waals surface area contributed by atoms with E-state index in [1.165, 1.54) is 0 Å². The van der Waals surface area contributed by atoms with Crippen LogP contribution in [0.2, 0.25) is 0 Å². The van der Waals surface area contributed by atoms with Crippen molar-refractivity contribution in [2.75, 3.05) is 41.0 Å². The normalized spacial score (nSPS) is 22.5. The Morgan fingerprint density at radius 2 is 1.75 bits per heavy atom. The van der Waals surface area contributed by atoms with Gasteiger partial charge >= 0.3 is 0 Å². The molecule has 0 amide bonds. The van der Waals surface area contributed by atoms with Crippen molar-refractivity contribution in [3.05, 3.63) is 70.8 Å². The largest absolute Gasteiger partial charge is 0.394 e. The van der Waals surface area contributed by atoms with Gasteiger partial charge in [-0.2, -0.15) is 0 Å². The van der Waals surface area contributed by atoms with Gasteiger partial charge in [-0.25, -0.2) is 0 Å². The Morgan fingerprint density at radius 1 is 1.06 bits per heavy atom. The first-order chi connectivity index (χ1) is 15.5. The molecule has 3 N–H and O–H groups in total. The standard InChI is InChI=1S/C24H32Cl2N2O4/c1-27-12-20-17-9-4-5-10-18(17)22(26)24(32-20)23(28-13-21(30-2)31-3)16-8-6-7-15(11-16)19(25)14-29/h4-11,19-24,27-29H,12-14H2,1-3H3. The number of halogens is 2. The van der Waals surface area contributed by atoms with E-state index in [1.807, 2.05) is 43.4 Å². The Labute approximate surface area is 200 Å². The van der Waals surface area contributed by atoms with Crippen LogP contribution in [0, 0.1) is 0 Å². The highest BCUT2D eigenvalue weighted by Crippen LogP contribution is 2.44. The van der Waals surface area contributed by atoms with Gasteiger partial charge < -0.3 is 30.0 Å². The number of rotatable bonds is 11. The number of methoxy groups -OCH3 is 2. The number of aliphatic hydroxyl groups is 1. The van der Waals surface area contributed by atoms with Crippen LogP contribution in [-0.2, 0) is 14.2 Å². The van der Waals surface area contributed by atoms with Crippen molar-refractivity contribution in [3.8, 4) is 0 Å². The molecule has 8 heteroatoms. The van der Waals surface area contributed by atoms with Gasteiger partial charge in [0.05, 0.1) is 35.6 Å². The SMILES string of the molecule is CNCC1OC(C(NCC(OC)OC)c2cccc(C(Cl)CO)c2)C(Cl)c2ccccc21. The summed E-state index contributed by atoms with van der Waals surface area (Å²) in [5, 5.41) is 15.4. The second kappa shape index (κ2) is 12.3. The molecular formula is C24H32Cl2N2O4. The number of hydrogen-bond donors (Lipinski definition) is 3. The van der Waals surface area contributed by atoms with E-state index in [0.29, 0.717) is 13.1 Å². The average molecular weight is 483 g/mol. The van der Waals surface area contributed by atoms with E-state index in [4.69, 9.17) is 37.4 Å². The zero-order valence-electron chi connectivity index (χ0n) is 18.6. The van der Waals surface area contributed by atoms with Crippen LogP contribution in [0.5, 0.6) is 0 Å². The molecule has 176 valence electrons. The number of nitrogens with one attached hydrogen (secondary N) is 2. The molecule has 0 saturated carbocycles. The second-order valence-corrected chi connectivity index (χ2v) is 8.78. The molecule has 0 radical (unpaired) electrons. The molecule has 3 rings (SSSR count). The highest BCUT2D eigenvalue weighted by molar-refractivity contribution is 6.21. The molecule has 5 unspecified atom stereocenters. The first-order valence-electron chi connectivity index (χ1n) is 10.7. The number of hydrogen-bond acceptors (Lipinski definition) is 6. The molecule has 1 heterocycles. The summed E-state index contributed by atoms with van der Waals surface area (Å²) in [5.74, 6) is 0. The third-order valence-electron chi connectivity index (χ3n) is 5.79. The third kappa shape index (κ3) is 5.82. The first-order valence-corrected chi connectivity index (χ1v) is 11.6. The van der Waals surface area contributed by atoms with Crippen LogP contribution in [0.4, 0.5) is 0 Å². The number of alkyl halides is 2. The molecule has 0 aliphatic carbocycles. The molecule has 0 spiro atoms. The summed E-state index contributed by atoms with van der Waals surface area (Å²) >= 11 is 13.3. The minimum Gasteiger partial charge on any atom is -0.394 e. The van der Waals surface area contributed by atoms with Crippen molar-refractivity contribution in [3.63, 3.8) is 0 Å². The maximum atomic E-state index is 9.52. The molecular weight excluding hydrogens is 451 g/mol. The number of ether oxygens (including phenoxy) is 3. The molecule has 0 saturated heterocycles. The minimum absolute atomic E-state index is 0.137. The van der Waals surface area contributed by atoms with Crippen LogP contribution in [-0.4, -0.2) is 58.5 Å². The lowest BCUT2D eigenvalue weighted by Gasteiger charge is -2.40. The van der Waals surface area contributed by atoms with E-state index in [-0.39, 0.29) is 30.2 Å². The summed E-state index contributed by atoms with van der Waals surface area (Å²) in [6, 6.07) is 15.7. The van der Waals surface area contributed by atoms with Crippen LogP contribution in [0.3, 0.4) is 0 Å². The quantitative estimate of drug-likeness (QED) is 0.333. The van der Waals surface area contributed by atoms with Gasteiger partial charge in [0.25, 0.3) is 0 Å². The van der Waals surface area contributed by atoms with Crippen molar-refractivity contribution in [1.29, 1.82) is 0 Å². The Kier molecular flexibility index (Phi) is 9.77. The topological polar surface area (TPSA) is 72.0 Å². The van der Waals surface area contributed by atoms with Crippen molar-refractivity contribution in [2.24, 2.45) is 0 Å². The summed E-state index contributed by atoms with van der Waals surface area (Å²) < 4.78 is 17.3. The highest BCUT2D eigenvalue weighted by Gasteiger charge is 2.39. The summed E-state index contributed by atoms with van der Waals surface area (Å²) in [7, 11) is 5.11. The first kappa shape index (κ1) is 25.4. The van der Waals surface area contributed by atoms with E-state index >= 15 is 0 Å². The maximum Gasteiger partial charge on any atom is 0.169 e. The Balaban J connectivity index is 1.99. The number of benzene rings is 2. The molecule has 0 bridgehead atoms. The summed E-state index contributed by atoms with van der Waals surface area (Å²) in [6.07, 6.45) is -0.920. The van der Waals surface area contributed by atoms with E-state index in [9.17, 15) is 5.11 Å². The summed E-state index contributed by atoms with van der Waals surface area (Å²) in [4.78, 5) is 0. The predicted molar refractivity (Wildman–Crippen MR) is 127 cm³/mol. The van der Waals surface area contributed by atoms with Gasteiger partial charge in [-0.3, -0.25) is 0 Å². The summed E-state index contributed by atoms with van der Waals surface area (Å²) in [5.41, 5.74) is 3.96. The van der Waals surface area contributed by atoms with Gasteiger partial charge in [0.15, 0.2) is 6.29 Å². The van der Waals surface area contributed by atoms with Gasteiger partial charge in [-0.15, -0.1) is 23.2 Å². The monoisotopic (exact) mass is 482 g/mol. The Morgan fingerprint density at radius 3 is 2.41 bits per heavy atom. The van der Waals surface area contributed by atoms with Crippen molar-refractivity contribution in [1.82, 2.24) is 10.6 Å². The molecule has 6 nitrogen and oxygen atoms in total. The van der Waals surface area contributed by atoms with Crippen LogP contribution in [0.25, 0.3) is 0 Å².